The number of rotatable bonds is 1. The van der Waals surface area contributed by atoms with E-state index in [2.05, 4.69) is 43.2 Å². The Labute approximate surface area is 168 Å². The summed E-state index contributed by atoms with van der Waals surface area (Å²) in [6, 6.07) is 2.30. The first-order valence-corrected chi connectivity index (χ1v) is 11.0. The molecule has 1 amide bonds. The molecular formula is C24H32N2O2. The molecule has 4 aliphatic rings. The Morgan fingerprint density at radius 2 is 2.00 bits per heavy atom. The minimum absolute atomic E-state index is 0.0791. The number of hydrogen-bond donors (Lipinski definition) is 1. The molecule has 6 unspecified atom stereocenters. The molecular weight excluding hydrogens is 348 g/mol. The van der Waals surface area contributed by atoms with Crippen LogP contribution in [0.3, 0.4) is 0 Å². The lowest BCUT2D eigenvalue weighted by molar-refractivity contribution is -0.113. The van der Waals surface area contributed by atoms with Gasteiger partial charge in [-0.2, -0.15) is 0 Å². The summed E-state index contributed by atoms with van der Waals surface area (Å²) in [5.74, 6) is 2.08. The monoisotopic (exact) mass is 380 g/mol. The predicted octanol–water partition coefficient (Wildman–Crippen LogP) is 5.12. The van der Waals surface area contributed by atoms with Crippen LogP contribution < -0.4 is 5.32 Å². The summed E-state index contributed by atoms with van der Waals surface area (Å²) in [5.41, 5.74) is 4.43. The lowest BCUT2D eigenvalue weighted by Gasteiger charge is -2.57. The first-order valence-electron chi connectivity index (χ1n) is 11.0. The molecule has 1 aromatic heterocycles. The van der Waals surface area contributed by atoms with Crippen molar-refractivity contribution in [2.75, 3.05) is 6.54 Å². The van der Waals surface area contributed by atoms with E-state index in [9.17, 15) is 4.79 Å². The molecule has 1 saturated heterocycles. The number of fused-ring (bicyclic) bond motifs is 5. The van der Waals surface area contributed by atoms with Crippen LogP contribution in [0.25, 0.3) is 5.57 Å². The molecule has 150 valence electrons. The number of nitrogens with one attached hydrogen (secondary N) is 1. The minimum Gasteiger partial charge on any atom is -0.446 e. The molecule has 0 bridgehead atoms. The molecule has 0 aromatic carbocycles. The molecule has 0 radical (unpaired) electrons. The highest BCUT2D eigenvalue weighted by atomic mass is 16.6. The van der Waals surface area contributed by atoms with Crippen molar-refractivity contribution in [1.82, 2.24) is 10.3 Å². The van der Waals surface area contributed by atoms with Crippen LogP contribution in [-0.2, 0) is 4.74 Å². The van der Waals surface area contributed by atoms with Gasteiger partial charge in [-0.3, -0.25) is 4.98 Å². The molecule has 4 heteroatoms. The molecule has 2 saturated carbocycles. The van der Waals surface area contributed by atoms with Crippen molar-refractivity contribution in [3.63, 3.8) is 0 Å². The molecule has 6 atom stereocenters. The summed E-state index contributed by atoms with van der Waals surface area (Å²) in [5, 5.41) is 2.93. The van der Waals surface area contributed by atoms with Crippen LogP contribution in [0.2, 0.25) is 0 Å². The van der Waals surface area contributed by atoms with Gasteiger partial charge in [-0.15, -0.1) is 0 Å². The molecule has 1 aromatic rings. The fourth-order valence-corrected chi connectivity index (χ4v) is 7.28. The van der Waals surface area contributed by atoms with Crippen molar-refractivity contribution in [2.45, 2.75) is 65.4 Å². The SMILES string of the molecule is Cc1cncc(C2=CCC3C4CCC5OC(=O)NCCC5(C)C4CCC23C)c1. The first-order chi connectivity index (χ1) is 13.4. The summed E-state index contributed by atoms with van der Waals surface area (Å²) >= 11 is 0. The van der Waals surface area contributed by atoms with E-state index in [1.54, 1.807) is 0 Å². The second-order valence-corrected chi connectivity index (χ2v) is 10.1. The van der Waals surface area contributed by atoms with Crippen molar-refractivity contribution >= 4 is 11.7 Å². The summed E-state index contributed by atoms with van der Waals surface area (Å²) in [4.78, 5) is 16.4. The van der Waals surface area contributed by atoms with Crippen molar-refractivity contribution in [3.8, 4) is 0 Å². The predicted molar refractivity (Wildman–Crippen MR) is 110 cm³/mol. The number of aryl methyl sites for hydroxylation is 1. The Morgan fingerprint density at radius 3 is 2.82 bits per heavy atom. The molecule has 3 fully saturated rings. The van der Waals surface area contributed by atoms with Crippen molar-refractivity contribution in [1.29, 1.82) is 0 Å². The van der Waals surface area contributed by atoms with E-state index >= 15 is 0 Å². The largest absolute Gasteiger partial charge is 0.446 e. The third-order valence-electron chi connectivity index (χ3n) is 8.73. The van der Waals surface area contributed by atoms with Gasteiger partial charge in [0.1, 0.15) is 6.10 Å². The standard InChI is InChI=1S/C24H32N2O2/c1-15-12-16(14-25-13-15)18-5-6-19-17-4-7-21-24(3,10-11-26-22(27)28-21)20(17)8-9-23(18,19)2/h5,12-14,17,19-21H,4,6-11H2,1-3H3,(H,26,27). The first kappa shape index (κ1) is 18.2. The number of allylic oxidation sites excluding steroid dienone is 2. The molecule has 4 nitrogen and oxygen atoms in total. The number of carbonyl (C=O) groups is 1. The number of carbonyl (C=O) groups excluding carboxylic acids is 1. The Balaban J connectivity index is 1.45. The van der Waals surface area contributed by atoms with Crippen molar-refractivity contribution in [2.24, 2.45) is 28.6 Å². The van der Waals surface area contributed by atoms with E-state index in [1.807, 2.05) is 12.4 Å². The van der Waals surface area contributed by atoms with Crippen LogP contribution in [-0.4, -0.2) is 23.7 Å². The molecule has 1 aliphatic heterocycles. The summed E-state index contributed by atoms with van der Waals surface area (Å²) in [6.45, 7) is 7.77. The molecule has 0 spiro atoms. The maximum Gasteiger partial charge on any atom is 0.407 e. The van der Waals surface area contributed by atoms with Crippen LogP contribution in [0, 0.1) is 35.5 Å². The molecule has 28 heavy (non-hydrogen) atoms. The molecule has 2 heterocycles. The van der Waals surface area contributed by atoms with E-state index in [-0.39, 0.29) is 23.0 Å². The van der Waals surface area contributed by atoms with Crippen molar-refractivity contribution < 1.29 is 9.53 Å². The lowest BCUT2D eigenvalue weighted by atomic mass is 9.48. The molecule has 5 rings (SSSR count). The molecule has 3 aliphatic carbocycles. The zero-order valence-corrected chi connectivity index (χ0v) is 17.3. The maximum absolute atomic E-state index is 12.0. The number of alkyl carbamates (subject to hydrolysis) is 1. The summed E-state index contributed by atoms with van der Waals surface area (Å²) in [7, 11) is 0. The average molecular weight is 381 g/mol. The highest BCUT2D eigenvalue weighted by Crippen LogP contribution is 2.65. The second-order valence-electron chi connectivity index (χ2n) is 10.1. The number of ether oxygens (including phenoxy) is 1. The number of nitrogens with zero attached hydrogens (tertiary/aromatic N) is 1. The van der Waals surface area contributed by atoms with Gasteiger partial charge >= 0.3 is 6.09 Å². The van der Waals surface area contributed by atoms with Gasteiger partial charge in [0.2, 0.25) is 0 Å². The van der Waals surface area contributed by atoms with Crippen LogP contribution in [0.4, 0.5) is 4.79 Å². The Kier molecular flexibility index (Phi) is 4.12. The quantitative estimate of drug-likeness (QED) is 0.735. The summed E-state index contributed by atoms with van der Waals surface area (Å²) < 4.78 is 5.84. The van der Waals surface area contributed by atoms with E-state index in [0.29, 0.717) is 11.8 Å². The normalized spacial score (nSPS) is 42.2. The number of amides is 1. The lowest BCUT2D eigenvalue weighted by Crippen LogP contribution is -2.53. The van der Waals surface area contributed by atoms with Crippen LogP contribution in [0.5, 0.6) is 0 Å². The second kappa shape index (κ2) is 6.33. The third kappa shape index (κ3) is 2.56. The zero-order chi connectivity index (χ0) is 19.5. The Hall–Kier alpha value is -1.84. The minimum atomic E-state index is -0.218. The van der Waals surface area contributed by atoms with Gasteiger partial charge in [-0.1, -0.05) is 19.9 Å². The van der Waals surface area contributed by atoms with Gasteiger partial charge in [-0.05, 0) is 91.4 Å². The maximum atomic E-state index is 12.0. The van der Waals surface area contributed by atoms with Crippen LogP contribution >= 0.6 is 0 Å². The number of hydrogen-bond acceptors (Lipinski definition) is 3. The fourth-order valence-electron chi connectivity index (χ4n) is 7.28. The molecule has 1 N–H and O–H groups in total. The third-order valence-corrected chi connectivity index (χ3v) is 8.73. The smallest absolute Gasteiger partial charge is 0.407 e. The van der Waals surface area contributed by atoms with Gasteiger partial charge in [0.25, 0.3) is 0 Å². The summed E-state index contributed by atoms with van der Waals surface area (Å²) in [6.07, 6.45) is 13.2. The van der Waals surface area contributed by atoms with Gasteiger partial charge in [0, 0.05) is 24.4 Å². The average Bonchev–Trinajstić information content (AvgIpc) is 2.93. The van der Waals surface area contributed by atoms with Crippen LogP contribution in [0.1, 0.15) is 63.5 Å². The Bertz CT molecular complexity index is 834. The van der Waals surface area contributed by atoms with Gasteiger partial charge in [0.05, 0.1) is 0 Å². The van der Waals surface area contributed by atoms with Crippen LogP contribution in [0.15, 0.2) is 24.5 Å². The highest BCUT2D eigenvalue weighted by Gasteiger charge is 2.59. The van der Waals surface area contributed by atoms with Crippen molar-refractivity contribution in [3.05, 3.63) is 35.7 Å². The Morgan fingerprint density at radius 1 is 1.14 bits per heavy atom. The van der Waals surface area contributed by atoms with E-state index in [0.717, 1.165) is 25.3 Å². The number of pyridine rings is 1. The highest BCUT2D eigenvalue weighted by molar-refractivity contribution is 5.73. The number of aromatic nitrogens is 1. The van der Waals surface area contributed by atoms with Gasteiger partial charge in [0.15, 0.2) is 0 Å². The van der Waals surface area contributed by atoms with E-state index in [1.165, 1.54) is 42.4 Å². The van der Waals surface area contributed by atoms with E-state index in [4.69, 9.17) is 4.74 Å². The van der Waals surface area contributed by atoms with Gasteiger partial charge < -0.3 is 10.1 Å². The topological polar surface area (TPSA) is 51.2 Å². The zero-order valence-electron chi connectivity index (χ0n) is 17.3. The van der Waals surface area contributed by atoms with Gasteiger partial charge in [-0.25, -0.2) is 4.79 Å². The fraction of sp³-hybridized carbons (Fsp3) is 0.667. The van der Waals surface area contributed by atoms with E-state index < -0.39 is 0 Å².